The number of nitrogens with two attached hydrogens (primary N) is 1. The van der Waals surface area contributed by atoms with Gasteiger partial charge < -0.3 is 15.4 Å². The van der Waals surface area contributed by atoms with Crippen LogP contribution in [0.1, 0.15) is 28.9 Å². The molecule has 142 valence electrons. The molecule has 0 saturated carbocycles. The van der Waals surface area contributed by atoms with Gasteiger partial charge in [0.1, 0.15) is 18.2 Å². The first kappa shape index (κ1) is 19.1. The molecule has 0 spiro atoms. The maximum Gasteiger partial charge on any atom is 0.257 e. The topological polar surface area (TPSA) is 98.4 Å². The molecular weight excluding hydrogens is 368 g/mol. The number of rotatable bonds is 5. The van der Waals surface area contributed by atoms with Gasteiger partial charge in [-0.1, -0.05) is 11.6 Å². The average Bonchev–Trinajstić information content (AvgIpc) is 2.64. The van der Waals surface area contributed by atoms with E-state index in [1.165, 1.54) is 12.5 Å². The number of nitrogens with zero attached hydrogens (tertiary/aromatic N) is 3. The van der Waals surface area contributed by atoms with Gasteiger partial charge in [-0.15, -0.1) is 0 Å². The van der Waals surface area contributed by atoms with Gasteiger partial charge in [0.05, 0.1) is 11.3 Å². The smallest absolute Gasteiger partial charge is 0.257 e. The first-order chi connectivity index (χ1) is 12.9. The summed E-state index contributed by atoms with van der Waals surface area (Å²) in [7, 11) is 0. The molecule has 1 aromatic carbocycles. The first-order valence-electron chi connectivity index (χ1n) is 8.70. The quantitative estimate of drug-likeness (QED) is 0.846. The Hall–Kier alpha value is -2.67. The Morgan fingerprint density at radius 1 is 1.33 bits per heavy atom. The Bertz CT molecular complexity index is 828. The van der Waals surface area contributed by atoms with Gasteiger partial charge >= 0.3 is 0 Å². The van der Waals surface area contributed by atoms with Crippen LogP contribution in [-0.2, 0) is 4.79 Å². The lowest BCUT2D eigenvalue weighted by atomic mass is 9.90. The van der Waals surface area contributed by atoms with Crippen LogP contribution in [0, 0.1) is 12.8 Å². The molecule has 0 radical (unpaired) electrons. The predicted molar refractivity (Wildman–Crippen MR) is 100 cm³/mol. The fourth-order valence-electron chi connectivity index (χ4n) is 3.26. The lowest BCUT2D eigenvalue weighted by Crippen LogP contribution is -2.49. The minimum atomic E-state index is -0.418. The van der Waals surface area contributed by atoms with Gasteiger partial charge in [0.15, 0.2) is 0 Å². The van der Waals surface area contributed by atoms with Crippen molar-refractivity contribution in [2.75, 3.05) is 13.1 Å². The highest BCUT2D eigenvalue weighted by molar-refractivity contribution is 6.30. The van der Waals surface area contributed by atoms with Crippen molar-refractivity contribution in [2.45, 2.75) is 25.9 Å². The van der Waals surface area contributed by atoms with E-state index < -0.39 is 5.91 Å². The number of aromatic nitrogens is 2. The molecule has 0 unspecified atom stereocenters. The monoisotopic (exact) mass is 388 g/mol. The molecule has 2 aromatic rings. The normalized spacial score (nSPS) is 19.6. The van der Waals surface area contributed by atoms with E-state index in [1.807, 2.05) is 0 Å². The van der Waals surface area contributed by atoms with Crippen molar-refractivity contribution >= 4 is 23.4 Å². The molecule has 2 heterocycles. The molecule has 2 amide bonds. The summed E-state index contributed by atoms with van der Waals surface area (Å²) in [5, 5.41) is 0.622. The highest BCUT2D eigenvalue weighted by Crippen LogP contribution is 2.27. The SMILES string of the molecule is Cc1ncncc1C(=O)N1CC[C@H](Oc2ccc(Cl)cc2)[C@@H](CC(N)=O)C1. The predicted octanol–water partition coefficient (Wildman–Crippen LogP) is 2.22. The third kappa shape index (κ3) is 4.74. The second-order valence-corrected chi connectivity index (χ2v) is 7.04. The summed E-state index contributed by atoms with van der Waals surface area (Å²) in [5.41, 5.74) is 6.51. The third-order valence-electron chi connectivity index (χ3n) is 4.66. The zero-order valence-corrected chi connectivity index (χ0v) is 15.7. The fraction of sp³-hybridized carbons (Fsp3) is 0.368. The number of piperidine rings is 1. The number of halogens is 1. The summed E-state index contributed by atoms with van der Waals surface area (Å²) in [6.45, 7) is 2.67. The van der Waals surface area contributed by atoms with Gasteiger partial charge in [0.2, 0.25) is 5.91 Å². The van der Waals surface area contributed by atoms with E-state index >= 15 is 0 Å². The van der Waals surface area contributed by atoms with Crippen molar-refractivity contribution in [1.29, 1.82) is 0 Å². The second-order valence-electron chi connectivity index (χ2n) is 6.60. The van der Waals surface area contributed by atoms with Crippen LogP contribution in [-0.4, -0.2) is 45.9 Å². The van der Waals surface area contributed by atoms with Crippen LogP contribution in [0.4, 0.5) is 0 Å². The summed E-state index contributed by atoms with van der Waals surface area (Å²) in [6.07, 6.45) is 3.46. The number of ether oxygens (including phenoxy) is 1. The van der Waals surface area contributed by atoms with E-state index in [9.17, 15) is 9.59 Å². The van der Waals surface area contributed by atoms with E-state index in [0.717, 1.165) is 0 Å². The molecule has 0 aliphatic carbocycles. The number of carbonyl (C=O) groups excluding carboxylic acids is 2. The molecule has 3 rings (SSSR count). The molecule has 0 bridgehead atoms. The number of primary amides is 1. The Kier molecular flexibility index (Phi) is 5.91. The van der Waals surface area contributed by atoms with Gasteiger partial charge in [-0.2, -0.15) is 0 Å². The van der Waals surface area contributed by atoms with E-state index in [1.54, 1.807) is 36.1 Å². The number of aryl methyl sites for hydroxylation is 1. The maximum atomic E-state index is 12.8. The van der Waals surface area contributed by atoms with Gasteiger partial charge in [0.25, 0.3) is 5.91 Å². The molecule has 1 fully saturated rings. The molecule has 2 N–H and O–H groups in total. The highest BCUT2D eigenvalue weighted by atomic mass is 35.5. The Balaban J connectivity index is 1.74. The van der Waals surface area contributed by atoms with Crippen LogP contribution >= 0.6 is 11.6 Å². The van der Waals surface area contributed by atoms with E-state index in [0.29, 0.717) is 41.5 Å². The molecule has 1 saturated heterocycles. The molecule has 2 atom stereocenters. The van der Waals surface area contributed by atoms with Crippen molar-refractivity contribution in [1.82, 2.24) is 14.9 Å². The van der Waals surface area contributed by atoms with Crippen molar-refractivity contribution < 1.29 is 14.3 Å². The third-order valence-corrected chi connectivity index (χ3v) is 4.91. The summed E-state index contributed by atoms with van der Waals surface area (Å²) >= 11 is 5.91. The van der Waals surface area contributed by atoms with Crippen LogP contribution in [0.25, 0.3) is 0 Å². The van der Waals surface area contributed by atoms with E-state index in [2.05, 4.69) is 9.97 Å². The number of benzene rings is 1. The summed E-state index contributed by atoms with van der Waals surface area (Å²) in [4.78, 5) is 34.1. The standard InChI is InChI=1S/C19H21ClN4O3/c1-12-16(9-22-11-23-12)19(26)24-7-6-17(13(10-24)8-18(21)25)27-15-4-2-14(20)3-5-15/h2-5,9,11,13,17H,6-8,10H2,1H3,(H2,21,25)/t13-,17-/m0/s1. The Labute approximate surface area is 162 Å². The molecule has 7 nitrogen and oxygen atoms in total. The molecule has 1 aliphatic rings. The van der Waals surface area contributed by atoms with Crippen molar-refractivity contribution in [3.05, 3.63) is 53.1 Å². The number of hydrogen-bond acceptors (Lipinski definition) is 5. The largest absolute Gasteiger partial charge is 0.490 e. The van der Waals surface area contributed by atoms with Crippen LogP contribution in [0.15, 0.2) is 36.8 Å². The van der Waals surface area contributed by atoms with E-state index in [4.69, 9.17) is 22.1 Å². The Morgan fingerprint density at radius 3 is 2.74 bits per heavy atom. The summed E-state index contributed by atoms with van der Waals surface area (Å²) < 4.78 is 6.05. The number of carbonyl (C=O) groups is 2. The first-order valence-corrected chi connectivity index (χ1v) is 9.08. The molecule has 1 aromatic heterocycles. The van der Waals surface area contributed by atoms with Gasteiger partial charge in [-0.05, 0) is 31.2 Å². The number of amides is 2. The van der Waals surface area contributed by atoms with Crippen molar-refractivity contribution in [3.8, 4) is 5.75 Å². The molecular formula is C19H21ClN4O3. The highest BCUT2D eigenvalue weighted by Gasteiger charge is 2.34. The Morgan fingerprint density at radius 2 is 2.07 bits per heavy atom. The molecule has 27 heavy (non-hydrogen) atoms. The lowest BCUT2D eigenvalue weighted by Gasteiger charge is -2.38. The van der Waals surface area contributed by atoms with E-state index in [-0.39, 0.29) is 24.3 Å². The summed E-state index contributed by atoms with van der Waals surface area (Å²) in [5.74, 6) is -0.0856. The minimum Gasteiger partial charge on any atom is -0.490 e. The number of likely N-dealkylation sites (tertiary alicyclic amines) is 1. The zero-order valence-electron chi connectivity index (χ0n) is 15.0. The fourth-order valence-corrected chi connectivity index (χ4v) is 3.39. The van der Waals surface area contributed by atoms with Crippen molar-refractivity contribution in [2.24, 2.45) is 11.7 Å². The lowest BCUT2D eigenvalue weighted by molar-refractivity contribution is -0.120. The van der Waals surface area contributed by atoms with Gasteiger partial charge in [-0.25, -0.2) is 9.97 Å². The minimum absolute atomic E-state index is 0.145. The summed E-state index contributed by atoms with van der Waals surface area (Å²) in [6, 6.07) is 7.06. The van der Waals surface area contributed by atoms with Crippen LogP contribution in [0.3, 0.4) is 0 Å². The maximum absolute atomic E-state index is 12.8. The second kappa shape index (κ2) is 8.35. The van der Waals surface area contributed by atoms with Crippen LogP contribution in [0.5, 0.6) is 5.75 Å². The molecule has 8 heteroatoms. The van der Waals surface area contributed by atoms with Gasteiger partial charge in [0, 0.05) is 43.1 Å². The van der Waals surface area contributed by atoms with Crippen molar-refractivity contribution in [3.63, 3.8) is 0 Å². The molecule has 1 aliphatic heterocycles. The zero-order chi connectivity index (χ0) is 19.4. The number of hydrogen-bond donors (Lipinski definition) is 1. The van der Waals surface area contributed by atoms with Crippen LogP contribution < -0.4 is 10.5 Å². The average molecular weight is 389 g/mol. The van der Waals surface area contributed by atoms with Gasteiger partial charge in [-0.3, -0.25) is 9.59 Å². The van der Waals surface area contributed by atoms with Crippen LogP contribution in [0.2, 0.25) is 5.02 Å².